The molecular formula is C19H20FN5O3. The number of hydrogen-bond acceptors (Lipinski definition) is 5. The van der Waals surface area contributed by atoms with Gasteiger partial charge in [-0.1, -0.05) is 0 Å². The lowest BCUT2D eigenvalue weighted by atomic mass is 10.1. The number of Topliss-reactive ketones (excluding diaryl/α,β-unsaturated/α-hetero) is 1. The van der Waals surface area contributed by atoms with Gasteiger partial charge in [-0.2, -0.15) is 5.10 Å². The van der Waals surface area contributed by atoms with Gasteiger partial charge in [-0.3, -0.25) is 14.4 Å². The van der Waals surface area contributed by atoms with E-state index in [2.05, 4.69) is 15.4 Å². The number of fused-ring (bicyclic) bond motifs is 2. The van der Waals surface area contributed by atoms with Gasteiger partial charge in [0.2, 0.25) is 11.8 Å². The number of piperidine rings is 1. The molecule has 5 atom stereocenters. The standard InChI is InChI=1S/C19H20FN5O3/c1-9(26)17-11-3-2-4-21-18(11)24(23-17)8-16(27)25-14-5-10(14)6-15(25)19(28)22-13-7-12(13)20/h2-4,10,12-15H,5-8H2,1H3,(H,22,28)/t10-,12+,13-,14-,15+/m1/s1. The van der Waals surface area contributed by atoms with Crippen LogP contribution >= 0.6 is 0 Å². The van der Waals surface area contributed by atoms with Crippen molar-refractivity contribution >= 4 is 28.6 Å². The summed E-state index contributed by atoms with van der Waals surface area (Å²) in [5, 5.41) is 7.58. The lowest BCUT2D eigenvalue weighted by Crippen LogP contribution is -2.49. The van der Waals surface area contributed by atoms with E-state index in [-0.39, 0.29) is 35.9 Å². The van der Waals surface area contributed by atoms with Crippen LogP contribution in [0.1, 0.15) is 36.7 Å². The Balaban J connectivity index is 1.38. The SMILES string of the molecule is CC(=O)c1nn(CC(=O)N2[C@@H]3C[C@@H]3C[C@H]2C(=O)N[C@@H]2C[C@@H]2F)c2ncccc12. The number of halogens is 1. The second-order valence-corrected chi connectivity index (χ2v) is 7.92. The molecule has 1 aliphatic heterocycles. The van der Waals surface area contributed by atoms with Crippen LogP contribution in [-0.4, -0.2) is 61.6 Å². The van der Waals surface area contributed by atoms with Gasteiger partial charge in [0.05, 0.1) is 11.4 Å². The summed E-state index contributed by atoms with van der Waals surface area (Å²) in [5.74, 6) is -0.378. The summed E-state index contributed by atoms with van der Waals surface area (Å²) < 4.78 is 14.6. The monoisotopic (exact) mass is 385 g/mol. The molecule has 9 heteroatoms. The van der Waals surface area contributed by atoms with E-state index in [1.165, 1.54) is 11.6 Å². The van der Waals surface area contributed by atoms with Crippen molar-refractivity contribution in [3.63, 3.8) is 0 Å². The van der Waals surface area contributed by atoms with Crippen LogP contribution in [0, 0.1) is 5.92 Å². The molecule has 2 aromatic rings. The second kappa shape index (κ2) is 6.08. The first-order valence-corrected chi connectivity index (χ1v) is 9.52. The van der Waals surface area contributed by atoms with Gasteiger partial charge in [-0.05, 0) is 30.9 Å². The summed E-state index contributed by atoms with van der Waals surface area (Å²) >= 11 is 0. The first-order chi connectivity index (χ1) is 13.4. The van der Waals surface area contributed by atoms with Crippen LogP contribution in [0.5, 0.6) is 0 Å². The predicted molar refractivity (Wildman–Crippen MR) is 96.1 cm³/mol. The van der Waals surface area contributed by atoms with Crippen LogP contribution in [0.25, 0.3) is 11.0 Å². The van der Waals surface area contributed by atoms with Crippen molar-refractivity contribution in [3.8, 4) is 0 Å². The summed E-state index contributed by atoms with van der Waals surface area (Å²) in [6.45, 7) is 1.33. The topological polar surface area (TPSA) is 97.2 Å². The molecule has 8 nitrogen and oxygen atoms in total. The Bertz CT molecular complexity index is 1000. The van der Waals surface area contributed by atoms with E-state index < -0.39 is 18.3 Å². The number of aromatic nitrogens is 3. The maximum absolute atomic E-state index is 13.1. The minimum absolute atomic E-state index is 0.0608. The van der Waals surface area contributed by atoms with Gasteiger partial charge in [0.1, 0.15) is 24.5 Å². The third-order valence-corrected chi connectivity index (χ3v) is 5.86. The van der Waals surface area contributed by atoms with E-state index in [4.69, 9.17) is 0 Å². The number of hydrogen-bond donors (Lipinski definition) is 1. The normalized spacial score (nSPS) is 30.2. The minimum Gasteiger partial charge on any atom is -0.349 e. The maximum Gasteiger partial charge on any atom is 0.245 e. The number of likely N-dealkylation sites (tertiary alicyclic amines) is 1. The molecule has 0 bridgehead atoms. The molecule has 5 rings (SSSR count). The lowest BCUT2D eigenvalue weighted by Gasteiger charge is -2.27. The van der Waals surface area contributed by atoms with Gasteiger partial charge < -0.3 is 10.2 Å². The molecule has 2 amide bonds. The fraction of sp³-hybridized carbons (Fsp3) is 0.526. The molecule has 2 aromatic heterocycles. The molecular weight excluding hydrogens is 365 g/mol. The number of nitrogens with zero attached hydrogens (tertiary/aromatic N) is 4. The van der Waals surface area contributed by atoms with Crippen molar-refractivity contribution in [1.29, 1.82) is 0 Å². The Kier molecular flexibility index (Phi) is 3.75. The van der Waals surface area contributed by atoms with Crippen LogP contribution in [0.3, 0.4) is 0 Å². The van der Waals surface area contributed by atoms with E-state index in [0.717, 1.165) is 6.42 Å². The van der Waals surface area contributed by atoms with Crippen molar-refractivity contribution in [3.05, 3.63) is 24.0 Å². The first kappa shape index (κ1) is 17.3. The summed E-state index contributed by atoms with van der Waals surface area (Å²) in [5.41, 5.74) is 0.741. The van der Waals surface area contributed by atoms with Gasteiger partial charge in [0, 0.05) is 25.6 Å². The summed E-state index contributed by atoms with van der Waals surface area (Å²) in [6, 6.07) is 2.54. The highest BCUT2D eigenvalue weighted by Crippen LogP contribution is 2.48. The number of amides is 2. The third-order valence-electron chi connectivity index (χ3n) is 5.86. The molecule has 0 spiro atoms. The number of carbonyl (C=O) groups is 3. The van der Waals surface area contributed by atoms with E-state index in [1.54, 1.807) is 23.2 Å². The average Bonchev–Trinajstić information content (AvgIpc) is 3.49. The zero-order chi connectivity index (χ0) is 19.6. The number of alkyl halides is 1. The van der Waals surface area contributed by atoms with Crippen molar-refractivity contribution < 1.29 is 18.8 Å². The molecule has 0 aromatic carbocycles. The molecule has 2 saturated carbocycles. The molecule has 2 aliphatic carbocycles. The maximum atomic E-state index is 13.1. The number of rotatable bonds is 5. The minimum atomic E-state index is -0.976. The zero-order valence-electron chi connectivity index (χ0n) is 15.3. The van der Waals surface area contributed by atoms with E-state index >= 15 is 0 Å². The Morgan fingerprint density at radius 1 is 1.29 bits per heavy atom. The van der Waals surface area contributed by atoms with Gasteiger partial charge in [-0.25, -0.2) is 14.1 Å². The lowest BCUT2D eigenvalue weighted by molar-refractivity contribution is -0.140. The van der Waals surface area contributed by atoms with Crippen LogP contribution in [0.15, 0.2) is 18.3 Å². The fourth-order valence-electron chi connectivity index (χ4n) is 4.23. The molecule has 1 saturated heterocycles. The molecule has 146 valence electrons. The summed E-state index contributed by atoms with van der Waals surface area (Å²) in [7, 11) is 0. The average molecular weight is 385 g/mol. The third kappa shape index (κ3) is 2.76. The molecule has 3 aliphatic rings. The Labute approximate surface area is 160 Å². The molecule has 3 heterocycles. The molecule has 0 unspecified atom stereocenters. The van der Waals surface area contributed by atoms with Crippen molar-refractivity contribution in [2.75, 3.05) is 0 Å². The first-order valence-electron chi connectivity index (χ1n) is 9.52. The number of ketones is 1. The highest BCUT2D eigenvalue weighted by atomic mass is 19.1. The predicted octanol–water partition coefficient (Wildman–Crippen LogP) is 0.850. The Morgan fingerprint density at radius 3 is 2.79 bits per heavy atom. The molecule has 1 N–H and O–H groups in total. The van der Waals surface area contributed by atoms with Gasteiger partial charge >= 0.3 is 0 Å². The van der Waals surface area contributed by atoms with Crippen LogP contribution in [0.4, 0.5) is 4.39 Å². The van der Waals surface area contributed by atoms with Gasteiger partial charge in [0.25, 0.3) is 0 Å². The molecule has 3 fully saturated rings. The van der Waals surface area contributed by atoms with E-state index in [1.807, 2.05) is 0 Å². The summed E-state index contributed by atoms with van der Waals surface area (Å²) in [4.78, 5) is 43.3. The highest BCUT2D eigenvalue weighted by molar-refractivity contribution is 6.04. The molecule has 0 radical (unpaired) electrons. The van der Waals surface area contributed by atoms with Crippen LogP contribution in [0.2, 0.25) is 0 Å². The van der Waals surface area contributed by atoms with Crippen molar-refractivity contribution in [2.45, 2.75) is 57.0 Å². The number of carbonyl (C=O) groups excluding carboxylic acids is 3. The van der Waals surface area contributed by atoms with Crippen LogP contribution < -0.4 is 5.32 Å². The Hall–Kier alpha value is -2.84. The largest absolute Gasteiger partial charge is 0.349 e. The van der Waals surface area contributed by atoms with Gasteiger partial charge in [0.15, 0.2) is 11.4 Å². The van der Waals surface area contributed by atoms with Crippen molar-refractivity contribution in [2.24, 2.45) is 5.92 Å². The van der Waals surface area contributed by atoms with E-state index in [9.17, 15) is 18.8 Å². The quantitative estimate of drug-likeness (QED) is 0.770. The van der Waals surface area contributed by atoms with Crippen LogP contribution in [-0.2, 0) is 16.1 Å². The second-order valence-electron chi connectivity index (χ2n) is 7.92. The smallest absolute Gasteiger partial charge is 0.245 e. The molecule has 28 heavy (non-hydrogen) atoms. The van der Waals surface area contributed by atoms with Gasteiger partial charge in [-0.15, -0.1) is 0 Å². The summed E-state index contributed by atoms with van der Waals surface area (Å²) in [6.07, 6.45) is 2.46. The van der Waals surface area contributed by atoms with E-state index in [0.29, 0.717) is 29.8 Å². The highest BCUT2D eigenvalue weighted by Gasteiger charge is 2.56. The van der Waals surface area contributed by atoms with Crippen molar-refractivity contribution in [1.82, 2.24) is 25.0 Å². The Morgan fingerprint density at radius 2 is 2.07 bits per heavy atom. The number of nitrogens with one attached hydrogen (secondary N) is 1. The number of pyridine rings is 1. The fourth-order valence-corrected chi connectivity index (χ4v) is 4.23. The zero-order valence-corrected chi connectivity index (χ0v) is 15.3.